The zero-order valence-corrected chi connectivity index (χ0v) is 20.2. The molecule has 172 valence electrons. The van der Waals surface area contributed by atoms with Crippen LogP contribution >= 0.6 is 11.8 Å². The number of thioether (sulfide) groups is 1. The summed E-state index contributed by atoms with van der Waals surface area (Å²) >= 11 is 0.876. The second-order valence-corrected chi connectivity index (χ2v) is 10.2. The molecule has 0 aromatic heterocycles. The van der Waals surface area contributed by atoms with Crippen molar-refractivity contribution in [3.8, 4) is 0 Å². The first-order valence-electron chi connectivity index (χ1n) is 11.2. The molecule has 3 amide bonds. The van der Waals surface area contributed by atoms with Crippen molar-refractivity contribution in [2.45, 2.75) is 45.6 Å². The molecule has 4 rings (SSSR count). The summed E-state index contributed by atoms with van der Waals surface area (Å²) in [7, 11) is 0. The van der Waals surface area contributed by atoms with Crippen molar-refractivity contribution >= 4 is 46.3 Å². The Morgan fingerprint density at radius 2 is 1.91 bits per heavy atom. The molecule has 2 aliphatic heterocycles. The van der Waals surface area contributed by atoms with E-state index in [0.29, 0.717) is 16.5 Å². The number of nitrogens with one attached hydrogen (secondary N) is 1. The van der Waals surface area contributed by atoms with Gasteiger partial charge in [-0.3, -0.25) is 19.3 Å². The second kappa shape index (κ2) is 9.06. The van der Waals surface area contributed by atoms with Crippen LogP contribution in [0.3, 0.4) is 0 Å². The quantitative estimate of drug-likeness (QED) is 0.595. The van der Waals surface area contributed by atoms with Gasteiger partial charge in [-0.1, -0.05) is 31.2 Å². The van der Waals surface area contributed by atoms with E-state index in [1.54, 1.807) is 30.3 Å². The van der Waals surface area contributed by atoms with Crippen LogP contribution in [0.4, 0.5) is 16.2 Å². The normalized spacial score (nSPS) is 20.8. The molecular weight excluding hydrogens is 434 g/mol. The van der Waals surface area contributed by atoms with Crippen molar-refractivity contribution in [1.29, 1.82) is 0 Å². The van der Waals surface area contributed by atoms with E-state index in [0.717, 1.165) is 35.2 Å². The highest BCUT2D eigenvalue weighted by Crippen LogP contribution is 2.44. The van der Waals surface area contributed by atoms with Crippen molar-refractivity contribution in [3.05, 3.63) is 64.6 Å². The molecule has 0 radical (unpaired) electrons. The summed E-state index contributed by atoms with van der Waals surface area (Å²) < 4.78 is 0. The summed E-state index contributed by atoms with van der Waals surface area (Å²) in [6.45, 7) is 9.56. The molecule has 0 spiro atoms. The molecule has 1 saturated heterocycles. The minimum atomic E-state index is -0.435. The Bertz CT molecular complexity index is 1130. The fourth-order valence-corrected chi connectivity index (χ4v) is 5.69. The lowest BCUT2D eigenvalue weighted by atomic mass is 9.79. The molecule has 2 aromatic carbocycles. The Morgan fingerprint density at radius 1 is 1.18 bits per heavy atom. The van der Waals surface area contributed by atoms with Gasteiger partial charge < -0.3 is 10.2 Å². The number of anilines is 2. The maximum atomic E-state index is 12.9. The van der Waals surface area contributed by atoms with Crippen molar-refractivity contribution in [1.82, 2.24) is 4.90 Å². The number of carbonyl (C=O) groups is 3. The van der Waals surface area contributed by atoms with Crippen LogP contribution in [-0.4, -0.2) is 40.6 Å². The summed E-state index contributed by atoms with van der Waals surface area (Å²) in [5.74, 6) is -0.451. The molecule has 2 heterocycles. The highest BCUT2D eigenvalue weighted by molar-refractivity contribution is 8.18. The van der Waals surface area contributed by atoms with Gasteiger partial charge in [0.05, 0.1) is 4.91 Å². The van der Waals surface area contributed by atoms with Crippen molar-refractivity contribution in [3.63, 3.8) is 0 Å². The zero-order chi connectivity index (χ0) is 23.8. The molecule has 33 heavy (non-hydrogen) atoms. The molecule has 1 atom stereocenters. The van der Waals surface area contributed by atoms with E-state index in [9.17, 15) is 14.4 Å². The first-order valence-corrected chi connectivity index (χ1v) is 12.0. The Kier molecular flexibility index (Phi) is 6.34. The Hall–Kier alpha value is -3.06. The third-order valence-corrected chi connectivity index (χ3v) is 7.16. The smallest absolute Gasteiger partial charge is 0.294 e. The topological polar surface area (TPSA) is 69.7 Å². The van der Waals surface area contributed by atoms with Crippen LogP contribution in [0.2, 0.25) is 0 Å². The van der Waals surface area contributed by atoms with Crippen LogP contribution in [0.25, 0.3) is 6.08 Å². The lowest BCUT2D eigenvalue weighted by Crippen LogP contribution is -2.48. The van der Waals surface area contributed by atoms with Gasteiger partial charge in [0.1, 0.15) is 6.54 Å². The molecule has 1 N–H and O–H groups in total. The number of nitrogens with zero attached hydrogens (tertiary/aromatic N) is 2. The monoisotopic (exact) mass is 463 g/mol. The second-order valence-electron chi connectivity index (χ2n) is 9.16. The maximum absolute atomic E-state index is 12.9. The van der Waals surface area contributed by atoms with Crippen LogP contribution < -0.4 is 10.2 Å². The van der Waals surface area contributed by atoms with E-state index in [1.807, 2.05) is 12.1 Å². The van der Waals surface area contributed by atoms with Crippen LogP contribution in [0.15, 0.2) is 53.4 Å². The van der Waals surface area contributed by atoms with Crippen molar-refractivity contribution in [2.24, 2.45) is 0 Å². The van der Waals surface area contributed by atoms with Gasteiger partial charge in [0.25, 0.3) is 11.1 Å². The Labute approximate surface area is 199 Å². The van der Waals surface area contributed by atoms with E-state index in [4.69, 9.17) is 0 Å². The van der Waals surface area contributed by atoms with Crippen LogP contribution in [-0.2, 0) is 9.59 Å². The predicted molar refractivity (Wildman–Crippen MR) is 134 cm³/mol. The highest BCUT2D eigenvalue weighted by Gasteiger charge is 2.37. The van der Waals surface area contributed by atoms with Crippen molar-refractivity contribution in [2.75, 3.05) is 23.3 Å². The molecule has 7 heteroatoms. The minimum Gasteiger partial charge on any atom is -0.366 e. The number of para-hydroxylation sites is 1. The molecular formula is C26H29N3O3S. The minimum absolute atomic E-state index is 0.0889. The predicted octanol–water partition coefficient (Wildman–Crippen LogP) is 5.47. The number of hydrogen-bond donors (Lipinski definition) is 1. The van der Waals surface area contributed by atoms with Crippen molar-refractivity contribution < 1.29 is 14.4 Å². The van der Waals surface area contributed by atoms with E-state index in [1.165, 1.54) is 11.3 Å². The van der Waals surface area contributed by atoms with Gasteiger partial charge in [-0.2, -0.15) is 0 Å². The van der Waals surface area contributed by atoms with Gasteiger partial charge in [-0.25, -0.2) is 0 Å². The van der Waals surface area contributed by atoms with Gasteiger partial charge >= 0.3 is 0 Å². The fraction of sp³-hybridized carbons (Fsp3) is 0.346. The molecule has 6 nitrogen and oxygen atoms in total. The van der Waals surface area contributed by atoms with E-state index in [2.05, 4.69) is 50.0 Å². The molecule has 1 fully saturated rings. The van der Waals surface area contributed by atoms with Gasteiger partial charge in [0.15, 0.2) is 0 Å². The fourth-order valence-electron chi connectivity index (χ4n) is 4.85. The van der Waals surface area contributed by atoms with E-state index < -0.39 is 17.1 Å². The largest absolute Gasteiger partial charge is 0.366 e. The number of benzene rings is 2. The molecule has 0 unspecified atom stereocenters. The summed E-state index contributed by atoms with van der Waals surface area (Å²) in [4.78, 5) is 41.4. The summed E-state index contributed by atoms with van der Waals surface area (Å²) in [6.07, 6.45) is 2.80. The first kappa shape index (κ1) is 23.1. The van der Waals surface area contributed by atoms with E-state index in [-0.39, 0.29) is 12.1 Å². The molecule has 0 saturated carbocycles. The van der Waals surface area contributed by atoms with E-state index >= 15 is 0 Å². The van der Waals surface area contributed by atoms with Gasteiger partial charge in [0, 0.05) is 23.5 Å². The standard InChI is InChI=1S/C26H29N3O3S/c1-5-29-21-12-11-18(13-20(21)17(2)15-26(29,3)4)14-22-24(31)28(25(32)33-22)16-23(30)27-19-9-7-6-8-10-19/h6-14,17H,5,15-16H2,1-4H3,(H,27,30)/b22-14-/t17-/m1/s1. The summed E-state index contributed by atoms with van der Waals surface area (Å²) in [5.41, 5.74) is 4.08. The number of rotatable bonds is 5. The third kappa shape index (κ3) is 4.69. The Morgan fingerprint density at radius 3 is 2.61 bits per heavy atom. The maximum Gasteiger partial charge on any atom is 0.294 e. The number of carbonyl (C=O) groups excluding carboxylic acids is 3. The summed E-state index contributed by atoms with van der Waals surface area (Å²) in [6, 6.07) is 15.2. The molecule has 0 bridgehead atoms. The number of hydrogen-bond acceptors (Lipinski definition) is 5. The number of amides is 3. The van der Waals surface area contributed by atoms with Gasteiger partial charge in [0.2, 0.25) is 5.91 Å². The zero-order valence-electron chi connectivity index (χ0n) is 19.4. The summed E-state index contributed by atoms with van der Waals surface area (Å²) in [5, 5.41) is 2.28. The molecule has 0 aliphatic carbocycles. The van der Waals surface area contributed by atoms with Gasteiger partial charge in [-0.05, 0) is 86.3 Å². The molecule has 2 aliphatic rings. The first-order chi connectivity index (χ1) is 15.7. The van der Waals surface area contributed by atoms with Crippen LogP contribution in [0.5, 0.6) is 0 Å². The lowest BCUT2D eigenvalue weighted by molar-refractivity contribution is -0.127. The highest BCUT2D eigenvalue weighted by atomic mass is 32.2. The Balaban J connectivity index is 1.52. The van der Waals surface area contributed by atoms with Gasteiger partial charge in [-0.15, -0.1) is 0 Å². The average Bonchev–Trinajstić information content (AvgIpc) is 3.02. The molecule has 2 aromatic rings. The average molecular weight is 464 g/mol. The SMILES string of the molecule is CCN1c2ccc(/C=C3\SC(=O)N(CC(=O)Nc4ccccc4)C3=O)cc2[C@H](C)CC1(C)C. The van der Waals surface area contributed by atoms with Crippen LogP contribution in [0, 0.1) is 0 Å². The number of fused-ring (bicyclic) bond motifs is 1. The van der Waals surface area contributed by atoms with Crippen LogP contribution in [0.1, 0.15) is 51.2 Å². The lowest BCUT2D eigenvalue weighted by Gasteiger charge is -2.47. The third-order valence-electron chi connectivity index (χ3n) is 6.26. The number of imide groups is 1.